The third-order valence-corrected chi connectivity index (χ3v) is 3.94. The Morgan fingerprint density at radius 3 is 2.38 bits per heavy atom. The fraction of sp³-hybridized carbons (Fsp3) is 1.00. The summed E-state index contributed by atoms with van der Waals surface area (Å²) < 4.78 is 38.0. The number of nitrogens with two attached hydrogens (primary N) is 1. The van der Waals surface area contributed by atoms with Crippen molar-refractivity contribution in [2.24, 2.45) is 11.7 Å². The Bertz CT molecular complexity index is 275. The molecule has 94 valence electrons. The molecule has 2 rings (SSSR count). The van der Waals surface area contributed by atoms with Crippen LogP contribution in [-0.2, 0) is 0 Å². The standard InChI is InChI=1S/C11H18F3NO/c12-11(13,14)10(16)3-1-2-8(7-10)6-9(15)4-5-9/h8,16H,1-7,15H2. The van der Waals surface area contributed by atoms with Gasteiger partial charge in [-0.2, -0.15) is 13.2 Å². The first kappa shape index (κ1) is 12.2. The fourth-order valence-electron chi connectivity index (χ4n) is 2.74. The Morgan fingerprint density at radius 2 is 1.88 bits per heavy atom. The molecule has 2 fully saturated rings. The zero-order valence-corrected chi connectivity index (χ0v) is 9.19. The van der Waals surface area contributed by atoms with Crippen LogP contribution < -0.4 is 5.73 Å². The number of aliphatic hydroxyl groups is 1. The molecule has 0 amide bonds. The van der Waals surface area contributed by atoms with Gasteiger partial charge in [0.2, 0.25) is 0 Å². The first-order valence-electron chi connectivity index (χ1n) is 5.82. The first-order chi connectivity index (χ1) is 7.24. The highest BCUT2D eigenvalue weighted by atomic mass is 19.4. The summed E-state index contributed by atoms with van der Waals surface area (Å²) in [6.45, 7) is 0. The Kier molecular flexibility index (Phi) is 2.74. The highest BCUT2D eigenvalue weighted by Crippen LogP contribution is 2.48. The smallest absolute Gasteiger partial charge is 0.380 e. The number of alkyl halides is 3. The summed E-state index contributed by atoms with van der Waals surface area (Å²) in [6.07, 6.45) is -1.18. The van der Waals surface area contributed by atoms with Gasteiger partial charge in [-0.15, -0.1) is 0 Å². The molecule has 2 aliphatic carbocycles. The van der Waals surface area contributed by atoms with Gasteiger partial charge in [0.15, 0.2) is 5.60 Å². The van der Waals surface area contributed by atoms with Crippen LogP contribution >= 0.6 is 0 Å². The lowest BCUT2D eigenvalue weighted by Crippen LogP contribution is -2.49. The molecule has 0 heterocycles. The zero-order chi connectivity index (χ0) is 12.0. The van der Waals surface area contributed by atoms with Crippen molar-refractivity contribution in [2.75, 3.05) is 0 Å². The lowest BCUT2D eigenvalue weighted by atomic mass is 9.75. The summed E-state index contributed by atoms with van der Waals surface area (Å²) in [7, 11) is 0. The molecule has 0 aromatic rings. The van der Waals surface area contributed by atoms with Crippen LogP contribution in [0.1, 0.15) is 44.9 Å². The van der Waals surface area contributed by atoms with Crippen molar-refractivity contribution < 1.29 is 18.3 Å². The van der Waals surface area contributed by atoms with E-state index in [9.17, 15) is 18.3 Å². The number of hydrogen-bond donors (Lipinski definition) is 2. The average Bonchev–Trinajstić information content (AvgIpc) is 2.81. The van der Waals surface area contributed by atoms with E-state index in [1.165, 1.54) is 0 Å². The Hall–Kier alpha value is -0.290. The highest BCUT2D eigenvalue weighted by Gasteiger charge is 2.56. The molecule has 0 aromatic heterocycles. The van der Waals surface area contributed by atoms with E-state index < -0.39 is 11.8 Å². The molecule has 2 unspecified atom stereocenters. The molecule has 3 N–H and O–H groups in total. The van der Waals surface area contributed by atoms with Crippen molar-refractivity contribution in [3.8, 4) is 0 Å². The third-order valence-electron chi connectivity index (χ3n) is 3.94. The number of halogens is 3. The van der Waals surface area contributed by atoms with Gasteiger partial charge in [-0.05, 0) is 44.4 Å². The van der Waals surface area contributed by atoms with E-state index in [-0.39, 0.29) is 24.3 Å². The minimum Gasteiger partial charge on any atom is -0.380 e. The monoisotopic (exact) mass is 237 g/mol. The van der Waals surface area contributed by atoms with Gasteiger partial charge in [-0.1, -0.05) is 6.42 Å². The molecule has 2 aliphatic rings. The minimum absolute atomic E-state index is 0.0760. The quantitative estimate of drug-likeness (QED) is 0.774. The molecule has 2 saturated carbocycles. The van der Waals surface area contributed by atoms with Crippen LogP contribution in [-0.4, -0.2) is 22.4 Å². The maximum atomic E-state index is 12.7. The minimum atomic E-state index is -4.50. The fourth-order valence-corrected chi connectivity index (χ4v) is 2.74. The van der Waals surface area contributed by atoms with Crippen LogP contribution in [0.4, 0.5) is 13.2 Å². The summed E-state index contributed by atoms with van der Waals surface area (Å²) in [6, 6.07) is 0. The molecule has 0 aromatic carbocycles. The van der Waals surface area contributed by atoms with Crippen molar-refractivity contribution in [2.45, 2.75) is 62.3 Å². The maximum absolute atomic E-state index is 12.7. The Balaban J connectivity index is 1.98. The van der Waals surface area contributed by atoms with E-state index in [0.29, 0.717) is 12.8 Å². The lowest BCUT2D eigenvalue weighted by molar-refractivity contribution is -0.274. The molecule has 0 bridgehead atoms. The topological polar surface area (TPSA) is 46.2 Å². The van der Waals surface area contributed by atoms with Gasteiger partial charge < -0.3 is 10.8 Å². The maximum Gasteiger partial charge on any atom is 0.417 e. The second kappa shape index (κ2) is 3.60. The van der Waals surface area contributed by atoms with Crippen LogP contribution in [0.3, 0.4) is 0 Å². The van der Waals surface area contributed by atoms with Gasteiger partial charge in [-0.3, -0.25) is 0 Å². The predicted octanol–water partition coefficient (Wildman–Crippen LogP) is 2.35. The van der Waals surface area contributed by atoms with Crippen LogP contribution in [0.25, 0.3) is 0 Å². The van der Waals surface area contributed by atoms with Gasteiger partial charge in [-0.25, -0.2) is 0 Å². The highest BCUT2D eigenvalue weighted by molar-refractivity contribution is 5.02. The molecule has 2 nitrogen and oxygen atoms in total. The summed E-state index contributed by atoms with van der Waals surface area (Å²) in [4.78, 5) is 0. The van der Waals surface area contributed by atoms with E-state index in [2.05, 4.69) is 0 Å². The molecule has 0 spiro atoms. The van der Waals surface area contributed by atoms with Gasteiger partial charge in [0, 0.05) is 5.54 Å². The SMILES string of the molecule is NC1(CC2CCCC(O)(C(F)(F)F)C2)CC1. The van der Waals surface area contributed by atoms with E-state index in [1.807, 2.05) is 0 Å². The average molecular weight is 237 g/mol. The van der Waals surface area contributed by atoms with Gasteiger partial charge >= 0.3 is 6.18 Å². The summed E-state index contributed by atoms with van der Waals surface area (Å²) in [5, 5.41) is 9.63. The molecular weight excluding hydrogens is 219 g/mol. The summed E-state index contributed by atoms with van der Waals surface area (Å²) in [5.41, 5.74) is 3.21. The Labute approximate surface area is 93.0 Å². The van der Waals surface area contributed by atoms with Crippen LogP contribution in [0, 0.1) is 5.92 Å². The van der Waals surface area contributed by atoms with E-state index in [1.54, 1.807) is 0 Å². The molecule has 0 radical (unpaired) electrons. The molecule has 2 atom stereocenters. The van der Waals surface area contributed by atoms with Crippen molar-refractivity contribution in [3.63, 3.8) is 0 Å². The van der Waals surface area contributed by atoms with E-state index in [0.717, 1.165) is 19.3 Å². The number of hydrogen-bond acceptors (Lipinski definition) is 2. The zero-order valence-electron chi connectivity index (χ0n) is 9.19. The van der Waals surface area contributed by atoms with Crippen LogP contribution in [0.2, 0.25) is 0 Å². The van der Waals surface area contributed by atoms with Gasteiger partial charge in [0.05, 0.1) is 0 Å². The van der Waals surface area contributed by atoms with Gasteiger partial charge in [0.25, 0.3) is 0 Å². The summed E-state index contributed by atoms with van der Waals surface area (Å²) in [5.74, 6) is -0.0760. The van der Waals surface area contributed by atoms with Crippen LogP contribution in [0.15, 0.2) is 0 Å². The second-order valence-corrected chi connectivity index (χ2v) is 5.56. The molecular formula is C11H18F3NO. The largest absolute Gasteiger partial charge is 0.417 e. The third kappa shape index (κ3) is 2.35. The second-order valence-electron chi connectivity index (χ2n) is 5.56. The van der Waals surface area contributed by atoms with Crippen molar-refractivity contribution in [3.05, 3.63) is 0 Å². The predicted molar refractivity (Wildman–Crippen MR) is 53.7 cm³/mol. The normalized spacial score (nSPS) is 38.4. The van der Waals surface area contributed by atoms with Crippen LogP contribution in [0.5, 0.6) is 0 Å². The molecule has 16 heavy (non-hydrogen) atoms. The molecule has 0 aliphatic heterocycles. The first-order valence-corrected chi connectivity index (χ1v) is 5.82. The summed E-state index contributed by atoms with van der Waals surface area (Å²) >= 11 is 0. The lowest BCUT2D eigenvalue weighted by Gasteiger charge is -2.38. The molecule has 0 saturated heterocycles. The van der Waals surface area contributed by atoms with Gasteiger partial charge in [0.1, 0.15) is 0 Å². The van der Waals surface area contributed by atoms with Crippen molar-refractivity contribution in [1.82, 2.24) is 0 Å². The van der Waals surface area contributed by atoms with E-state index in [4.69, 9.17) is 5.73 Å². The van der Waals surface area contributed by atoms with Crippen molar-refractivity contribution in [1.29, 1.82) is 0 Å². The Morgan fingerprint density at radius 1 is 1.25 bits per heavy atom. The number of rotatable bonds is 2. The van der Waals surface area contributed by atoms with Crippen molar-refractivity contribution >= 4 is 0 Å². The van der Waals surface area contributed by atoms with E-state index >= 15 is 0 Å². The molecule has 5 heteroatoms.